The minimum atomic E-state index is -0.329. The van der Waals surface area contributed by atoms with Crippen LogP contribution in [0.25, 0.3) is 10.9 Å². The van der Waals surface area contributed by atoms with Gasteiger partial charge in [-0.25, -0.2) is 0 Å². The maximum atomic E-state index is 12.9. The molecule has 2 bridgehead atoms. The summed E-state index contributed by atoms with van der Waals surface area (Å²) in [6, 6.07) is 8.64. The minimum absolute atomic E-state index is 0. The molecule has 28 heavy (non-hydrogen) atoms. The SMILES string of the molecule is CCCCn1nc(C(=O)N[C@H]2C[C@H]3CC[C@@H](C2)N3C)c(=O)c2ccccc21.Cl. The summed E-state index contributed by atoms with van der Waals surface area (Å²) in [6.07, 6.45) is 6.30. The topological polar surface area (TPSA) is 67.2 Å². The quantitative estimate of drug-likeness (QED) is 0.831. The smallest absolute Gasteiger partial charge is 0.276 e. The van der Waals surface area contributed by atoms with Crippen LogP contribution in [0.15, 0.2) is 29.1 Å². The number of nitrogens with zero attached hydrogens (tertiary/aromatic N) is 3. The van der Waals surface area contributed by atoms with Crippen molar-refractivity contribution in [1.29, 1.82) is 0 Å². The Morgan fingerprint density at radius 1 is 1.21 bits per heavy atom. The second-order valence-corrected chi connectivity index (χ2v) is 7.96. The van der Waals surface area contributed by atoms with Crippen molar-refractivity contribution >= 4 is 29.2 Å². The summed E-state index contributed by atoms with van der Waals surface area (Å²) in [6.45, 7) is 2.82. The zero-order valence-electron chi connectivity index (χ0n) is 16.6. The number of amides is 1. The van der Waals surface area contributed by atoms with E-state index in [4.69, 9.17) is 0 Å². The maximum Gasteiger partial charge on any atom is 0.276 e. The lowest BCUT2D eigenvalue weighted by Gasteiger charge is -2.36. The number of hydrogen-bond acceptors (Lipinski definition) is 4. The van der Waals surface area contributed by atoms with E-state index in [1.54, 1.807) is 6.07 Å². The van der Waals surface area contributed by atoms with Gasteiger partial charge in [0.1, 0.15) is 0 Å². The van der Waals surface area contributed by atoms with Gasteiger partial charge < -0.3 is 10.2 Å². The Hall–Kier alpha value is -1.92. The predicted octanol–water partition coefficient (Wildman–Crippen LogP) is 2.97. The zero-order valence-corrected chi connectivity index (χ0v) is 17.4. The fourth-order valence-corrected chi connectivity index (χ4v) is 4.65. The molecule has 0 aliphatic carbocycles. The Morgan fingerprint density at radius 2 is 1.89 bits per heavy atom. The van der Waals surface area contributed by atoms with E-state index in [1.165, 1.54) is 12.8 Å². The van der Waals surface area contributed by atoms with Crippen molar-refractivity contribution in [3.63, 3.8) is 0 Å². The van der Waals surface area contributed by atoms with Crippen molar-refractivity contribution in [2.45, 2.75) is 70.1 Å². The highest BCUT2D eigenvalue weighted by molar-refractivity contribution is 5.95. The highest BCUT2D eigenvalue weighted by Gasteiger charge is 2.39. The third-order valence-electron chi connectivity index (χ3n) is 6.23. The van der Waals surface area contributed by atoms with Gasteiger partial charge in [-0.2, -0.15) is 5.10 Å². The molecule has 1 amide bonds. The fraction of sp³-hybridized carbons (Fsp3) is 0.571. The molecule has 0 unspecified atom stereocenters. The molecular formula is C21H29ClN4O2. The molecule has 4 rings (SSSR count). The van der Waals surface area contributed by atoms with Crippen LogP contribution in [0.5, 0.6) is 0 Å². The Kier molecular flexibility index (Phi) is 6.40. The first-order chi connectivity index (χ1) is 13.1. The predicted molar refractivity (Wildman–Crippen MR) is 113 cm³/mol. The number of aromatic nitrogens is 2. The summed E-state index contributed by atoms with van der Waals surface area (Å²) in [5.74, 6) is -0.329. The van der Waals surface area contributed by atoms with Crippen LogP contribution in [0.3, 0.4) is 0 Å². The molecule has 3 atom stereocenters. The molecule has 0 radical (unpaired) electrons. The molecule has 6 nitrogen and oxygen atoms in total. The van der Waals surface area contributed by atoms with Crippen molar-refractivity contribution in [2.24, 2.45) is 0 Å². The number of para-hydroxylation sites is 1. The van der Waals surface area contributed by atoms with E-state index in [2.05, 4.69) is 29.3 Å². The first kappa shape index (κ1) is 20.8. The number of unbranched alkanes of at least 4 members (excludes halogenated alkanes) is 1. The van der Waals surface area contributed by atoms with E-state index in [1.807, 2.05) is 22.9 Å². The van der Waals surface area contributed by atoms with Gasteiger partial charge in [-0.05, 0) is 51.3 Å². The average Bonchev–Trinajstić information content (AvgIpc) is 2.88. The van der Waals surface area contributed by atoms with Gasteiger partial charge in [-0.15, -0.1) is 12.4 Å². The number of hydrogen-bond donors (Lipinski definition) is 1. The van der Waals surface area contributed by atoms with Crippen molar-refractivity contribution in [2.75, 3.05) is 7.05 Å². The highest BCUT2D eigenvalue weighted by Crippen LogP contribution is 2.34. The summed E-state index contributed by atoms with van der Waals surface area (Å²) in [4.78, 5) is 28.2. The Labute approximate surface area is 171 Å². The lowest BCUT2D eigenvalue weighted by atomic mass is 9.98. The molecule has 1 aromatic heterocycles. The molecule has 2 saturated heterocycles. The largest absolute Gasteiger partial charge is 0.348 e. The lowest BCUT2D eigenvalue weighted by molar-refractivity contribution is 0.0874. The average molecular weight is 405 g/mol. The van der Waals surface area contributed by atoms with Crippen molar-refractivity contribution in [3.05, 3.63) is 40.2 Å². The van der Waals surface area contributed by atoms with E-state index in [0.717, 1.165) is 31.2 Å². The number of benzene rings is 1. The number of rotatable bonds is 5. The van der Waals surface area contributed by atoms with Gasteiger partial charge in [-0.1, -0.05) is 25.5 Å². The molecule has 2 fully saturated rings. The molecule has 2 aliphatic rings. The van der Waals surface area contributed by atoms with Gasteiger partial charge in [0.15, 0.2) is 5.69 Å². The van der Waals surface area contributed by atoms with Gasteiger partial charge in [-0.3, -0.25) is 14.3 Å². The van der Waals surface area contributed by atoms with Crippen LogP contribution in [-0.2, 0) is 6.54 Å². The summed E-state index contributed by atoms with van der Waals surface area (Å²) in [7, 11) is 2.18. The minimum Gasteiger partial charge on any atom is -0.348 e. The monoisotopic (exact) mass is 404 g/mol. The van der Waals surface area contributed by atoms with E-state index in [9.17, 15) is 9.59 Å². The molecule has 2 aliphatic heterocycles. The zero-order chi connectivity index (χ0) is 19.0. The molecule has 3 heterocycles. The van der Waals surface area contributed by atoms with Crippen LogP contribution in [0.4, 0.5) is 0 Å². The standard InChI is InChI=1S/C21H28N4O2.ClH/c1-3-4-11-25-18-8-6-5-7-17(18)20(26)19(23-25)21(27)22-14-12-15-9-10-16(13-14)24(15)2;/h5-8,14-16H,3-4,9-13H2,1-2H3,(H,22,27);1H/t14-,15+,16-;. The van der Waals surface area contributed by atoms with Crippen LogP contribution < -0.4 is 10.7 Å². The van der Waals surface area contributed by atoms with Gasteiger partial charge in [0.05, 0.1) is 5.52 Å². The third-order valence-corrected chi connectivity index (χ3v) is 6.23. The van der Waals surface area contributed by atoms with Gasteiger partial charge in [0.25, 0.3) is 5.91 Å². The normalized spacial score (nSPS) is 24.1. The van der Waals surface area contributed by atoms with Crippen molar-refractivity contribution in [1.82, 2.24) is 20.0 Å². The summed E-state index contributed by atoms with van der Waals surface area (Å²) in [5.41, 5.74) is 0.549. The lowest BCUT2D eigenvalue weighted by Crippen LogP contribution is -2.49. The molecule has 2 aromatic rings. The van der Waals surface area contributed by atoms with E-state index in [-0.39, 0.29) is 35.5 Å². The first-order valence-electron chi connectivity index (χ1n) is 10.1. The van der Waals surface area contributed by atoms with Crippen molar-refractivity contribution in [3.8, 4) is 0 Å². The molecule has 152 valence electrons. The van der Waals surface area contributed by atoms with Gasteiger partial charge >= 0.3 is 0 Å². The van der Waals surface area contributed by atoms with Crippen LogP contribution in [0.1, 0.15) is 55.9 Å². The Balaban J connectivity index is 0.00000225. The number of piperidine rings is 1. The number of nitrogens with one attached hydrogen (secondary N) is 1. The second-order valence-electron chi connectivity index (χ2n) is 7.96. The van der Waals surface area contributed by atoms with E-state index >= 15 is 0 Å². The number of aryl methyl sites for hydroxylation is 1. The highest BCUT2D eigenvalue weighted by atomic mass is 35.5. The van der Waals surface area contributed by atoms with Crippen LogP contribution in [-0.4, -0.2) is 45.8 Å². The van der Waals surface area contributed by atoms with Crippen LogP contribution in [0, 0.1) is 0 Å². The fourth-order valence-electron chi connectivity index (χ4n) is 4.65. The third kappa shape index (κ3) is 3.80. The number of fused-ring (bicyclic) bond motifs is 3. The summed E-state index contributed by atoms with van der Waals surface area (Å²) >= 11 is 0. The van der Waals surface area contributed by atoms with Crippen LogP contribution >= 0.6 is 12.4 Å². The second kappa shape index (κ2) is 8.62. The van der Waals surface area contributed by atoms with Gasteiger partial charge in [0.2, 0.25) is 5.43 Å². The van der Waals surface area contributed by atoms with Gasteiger partial charge in [0, 0.05) is 30.1 Å². The number of carbonyl (C=O) groups excluding carboxylic acids is 1. The number of halogens is 1. The van der Waals surface area contributed by atoms with E-state index in [0.29, 0.717) is 24.0 Å². The van der Waals surface area contributed by atoms with E-state index < -0.39 is 0 Å². The molecule has 7 heteroatoms. The Morgan fingerprint density at radius 3 is 2.57 bits per heavy atom. The Bertz CT molecular complexity index is 899. The number of carbonyl (C=O) groups is 1. The summed E-state index contributed by atoms with van der Waals surface area (Å²) < 4.78 is 1.81. The molecule has 0 spiro atoms. The summed E-state index contributed by atoms with van der Waals surface area (Å²) in [5, 5.41) is 8.12. The molecule has 1 N–H and O–H groups in total. The maximum absolute atomic E-state index is 12.9. The van der Waals surface area contributed by atoms with Crippen molar-refractivity contribution < 1.29 is 4.79 Å². The van der Waals surface area contributed by atoms with Crippen LogP contribution in [0.2, 0.25) is 0 Å². The molecule has 1 aromatic carbocycles. The molecular weight excluding hydrogens is 376 g/mol. The first-order valence-corrected chi connectivity index (χ1v) is 10.1. The molecule has 0 saturated carbocycles.